The number of hydrogen-bond donors (Lipinski definition) is 0. The minimum Gasteiger partial charge on any atom is -0.246 e. The van der Waals surface area contributed by atoms with Crippen LogP contribution in [-0.2, 0) is 0 Å². The van der Waals surface area contributed by atoms with E-state index < -0.39 is 6.17 Å². The van der Waals surface area contributed by atoms with Crippen molar-refractivity contribution >= 4 is 0 Å². The Bertz CT molecular complexity index is 255. The van der Waals surface area contributed by atoms with E-state index in [1.54, 1.807) is 0 Å². The Morgan fingerprint density at radius 2 is 1.85 bits per heavy atom. The number of benzene rings is 1. The molecule has 1 saturated carbocycles. The molecule has 2 rings (SSSR count). The first-order valence-electron chi connectivity index (χ1n) is 4.93. The SMILES string of the molecule is FC1CCCC[C]1c1ccccc1. The molecule has 1 aromatic carbocycles. The summed E-state index contributed by atoms with van der Waals surface area (Å²) in [5, 5.41) is 0. The third kappa shape index (κ3) is 1.90. The van der Waals surface area contributed by atoms with Crippen LogP contribution < -0.4 is 0 Å². The highest BCUT2D eigenvalue weighted by Gasteiger charge is 2.26. The Morgan fingerprint density at radius 1 is 1.08 bits per heavy atom. The number of rotatable bonds is 1. The van der Waals surface area contributed by atoms with E-state index in [4.69, 9.17) is 0 Å². The van der Waals surface area contributed by atoms with E-state index in [0.717, 1.165) is 30.7 Å². The molecule has 1 radical (unpaired) electrons. The summed E-state index contributed by atoms with van der Waals surface area (Å²) in [5.74, 6) is 1.01. The molecule has 0 amide bonds. The fraction of sp³-hybridized carbons (Fsp3) is 0.417. The van der Waals surface area contributed by atoms with Gasteiger partial charge in [0.05, 0.1) is 0 Å². The van der Waals surface area contributed by atoms with Crippen LogP contribution in [-0.4, -0.2) is 6.17 Å². The minimum atomic E-state index is -0.698. The zero-order chi connectivity index (χ0) is 9.10. The highest BCUT2D eigenvalue weighted by atomic mass is 19.1. The normalized spacial score (nSPS) is 24.5. The van der Waals surface area contributed by atoms with Gasteiger partial charge >= 0.3 is 0 Å². The Hall–Kier alpha value is -0.850. The summed E-state index contributed by atoms with van der Waals surface area (Å²) in [7, 11) is 0. The van der Waals surface area contributed by atoms with Crippen molar-refractivity contribution in [1.82, 2.24) is 0 Å². The van der Waals surface area contributed by atoms with Crippen LogP contribution in [0.25, 0.3) is 0 Å². The maximum Gasteiger partial charge on any atom is 0.111 e. The van der Waals surface area contributed by atoms with Gasteiger partial charge in [-0.2, -0.15) is 0 Å². The summed E-state index contributed by atoms with van der Waals surface area (Å²) in [4.78, 5) is 0. The molecule has 0 N–H and O–H groups in total. The summed E-state index contributed by atoms with van der Waals surface area (Å²) >= 11 is 0. The molecule has 1 aliphatic rings. The zero-order valence-corrected chi connectivity index (χ0v) is 7.67. The van der Waals surface area contributed by atoms with Crippen LogP contribution >= 0.6 is 0 Å². The summed E-state index contributed by atoms with van der Waals surface area (Å²) < 4.78 is 13.5. The van der Waals surface area contributed by atoms with E-state index in [1.807, 2.05) is 30.3 Å². The highest BCUT2D eigenvalue weighted by Crippen LogP contribution is 2.33. The minimum absolute atomic E-state index is 0.698. The quantitative estimate of drug-likeness (QED) is 0.615. The average molecular weight is 177 g/mol. The summed E-state index contributed by atoms with van der Waals surface area (Å²) in [6, 6.07) is 9.94. The van der Waals surface area contributed by atoms with Crippen LogP contribution in [0.4, 0.5) is 4.39 Å². The molecular formula is C12H14F. The first kappa shape index (κ1) is 8.74. The lowest BCUT2D eigenvalue weighted by atomic mass is 9.83. The second kappa shape index (κ2) is 3.91. The van der Waals surface area contributed by atoms with Crippen LogP contribution in [0.5, 0.6) is 0 Å². The lowest BCUT2D eigenvalue weighted by Gasteiger charge is -2.25. The van der Waals surface area contributed by atoms with E-state index in [0.29, 0.717) is 6.42 Å². The molecule has 0 aromatic heterocycles. The van der Waals surface area contributed by atoms with Crippen molar-refractivity contribution in [3.63, 3.8) is 0 Å². The Labute approximate surface area is 78.8 Å². The van der Waals surface area contributed by atoms with Crippen LogP contribution in [0.15, 0.2) is 30.3 Å². The number of alkyl halides is 1. The van der Waals surface area contributed by atoms with Crippen molar-refractivity contribution in [2.75, 3.05) is 0 Å². The summed E-state index contributed by atoms with van der Waals surface area (Å²) in [5.41, 5.74) is 1.09. The van der Waals surface area contributed by atoms with Gasteiger partial charge in [-0.05, 0) is 18.4 Å². The predicted molar refractivity (Wildman–Crippen MR) is 52.2 cm³/mol. The molecule has 1 unspecified atom stereocenters. The van der Waals surface area contributed by atoms with E-state index >= 15 is 0 Å². The van der Waals surface area contributed by atoms with Crippen LogP contribution in [0, 0.1) is 5.92 Å². The average Bonchev–Trinajstić information content (AvgIpc) is 2.20. The first-order valence-corrected chi connectivity index (χ1v) is 4.93. The lowest BCUT2D eigenvalue weighted by molar-refractivity contribution is 0.287. The molecule has 0 bridgehead atoms. The molecule has 1 heteroatoms. The molecule has 13 heavy (non-hydrogen) atoms. The maximum absolute atomic E-state index is 13.5. The Kier molecular flexibility index (Phi) is 2.62. The van der Waals surface area contributed by atoms with Gasteiger partial charge in [0.1, 0.15) is 6.17 Å². The van der Waals surface area contributed by atoms with Gasteiger partial charge < -0.3 is 0 Å². The Balaban J connectivity index is 2.15. The molecule has 0 heterocycles. The van der Waals surface area contributed by atoms with Crippen molar-refractivity contribution in [2.24, 2.45) is 0 Å². The zero-order valence-electron chi connectivity index (χ0n) is 7.67. The van der Waals surface area contributed by atoms with Gasteiger partial charge in [-0.25, -0.2) is 4.39 Å². The molecule has 0 spiro atoms. The molecule has 69 valence electrons. The second-order valence-corrected chi connectivity index (χ2v) is 3.60. The van der Waals surface area contributed by atoms with Gasteiger partial charge in [-0.3, -0.25) is 0 Å². The standard InChI is InChI=1S/C12H14F/c13-12-9-5-4-8-11(12)10-6-2-1-3-7-10/h1-3,6-7,12H,4-5,8-9H2. The molecule has 0 saturated heterocycles. The van der Waals surface area contributed by atoms with Gasteiger partial charge in [0.15, 0.2) is 0 Å². The monoisotopic (exact) mass is 177 g/mol. The van der Waals surface area contributed by atoms with E-state index in [2.05, 4.69) is 0 Å². The van der Waals surface area contributed by atoms with Crippen molar-refractivity contribution in [2.45, 2.75) is 31.9 Å². The van der Waals surface area contributed by atoms with Gasteiger partial charge in [0.2, 0.25) is 0 Å². The topological polar surface area (TPSA) is 0 Å². The molecule has 1 atom stereocenters. The van der Waals surface area contributed by atoms with Gasteiger partial charge in [-0.1, -0.05) is 43.2 Å². The van der Waals surface area contributed by atoms with Crippen molar-refractivity contribution in [3.05, 3.63) is 41.8 Å². The third-order valence-corrected chi connectivity index (χ3v) is 2.68. The van der Waals surface area contributed by atoms with Crippen LogP contribution in [0.3, 0.4) is 0 Å². The number of halogens is 1. The van der Waals surface area contributed by atoms with E-state index in [-0.39, 0.29) is 0 Å². The van der Waals surface area contributed by atoms with Crippen molar-refractivity contribution < 1.29 is 4.39 Å². The highest BCUT2D eigenvalue weighted by molar-refractivity contribution is 5.33. The largest absolute Gasteiger partial charge is 0.246 e. The molecule has 1 fully saturated rings. The third-order valence-electron chi connectivity index (χ3n) is 2.68. The maximum atomic E-state index is 13.5. The Morgan fingerprint density at radius 3 is 2.54 bits per heavy atom. The predicted octanol–water partition coefficient (Wildman–Crippen LogP) is 3.52. The van der Waals surface area contributed by atoms with Gasteiger partial charge in [-0.15, -0.1) is 0 Å². The molecule has 0 nitrogen and oxygen atoms in total. The fourth-order valence-electron chi connectivity index (χ4n) is 1.95. The lowest BCUT2D eigenvalue weighted by Crippen LogP contribution is -2.19. The van der Waals surface area contributed by atoms with Gasteiger partial charge in [0, 0.05) is 5.92 Å². The number of hydrogen-bond acceptors (Lipinski definition) is 0. The molecule has 1 aromatic rings. The van der Waals surface area contributed by atoms with Crippen molar-refractivity contribution in [1.29, 1.82) is 0 Å². The summed E-state index contributed by atoms with van der Waals surface area (Å²) in [6.07, 6.45) is 3.13. The summed E-state index contributed by atoms with van der Waals surface area (Å²) in [6.45, 7) is 0. The van der Waals surface area contributed by atoms with Gasteiger partial charge in [0.25, 0.3) is 0 Å². The first-order chi connectivity index (χ1) is 6.38. The second-order valence-electron chi connectivity index (χ2n) is 3.60. The molecule has 0 aliphatic heterocycles. The van der Waals surface area contributed by atoms with Crippen LogP contribution in [0.2, 0.25) is 0 Å². The van der Waals surface area contributed by atoms with Crippen molar-refractivity contribution in [3.8, 4) is 0 Å². The van der Waals surface area contributed by atoms with E-state index in [1.165, 1.54) is 0 Å². The fourth-order valence-corrected chi connectivity index (χ4v) is 1.95. The van der Waals surface area contributed by atoms with Crippen LogP contribution in [0.1, 0.15) is 31.2 Å². The molecular weight excluding hydrogens is 163 g/mol. The smallest absolute Gasteiger partial charge is 0.111 e. The molecule has 1 aliphatic carbocycles. The van der Waals surface area contributed by atoms with E-state index in [9.17, 15) is 4.39 Å².